The van der Waals surface area contributed by atoms with Crippen molar-refractivity contribution in [1.82, 2.24) is 19.4 Å². The van der Waals surface area contributed by atoms with Gasteiger partial charge in [0, 0.05) is 24.7 Å². The van der Waals surface area contributed by atoms with Crippen LogP contribution in [0.15, 0.2) is 42.9 Å². The molecule has 1 saturated heterocycles. The van der Waals surface area contributed by atoms with Crippen LogP contribution < -0.4 is 9.22 Å². The first-order chi connectivity index (χ1) is 13.0. The van der Waals surface area contributed by atoms with Crippen molar-refractivity contribution in [2.24, 2.45) is 0 Å². The fourth-order valence-corrected chi connectivity index (χ4v) is 3.17. The van der Waals surface area contributed by atoms with E-state index in [4.69, 9.17) is 9.84 Å². The maximum absolute atomic E-state index is 11.2. The van der Waals surface area contributed by atoms with Gasteiger partial charge >= 0.3 is 12.1 Å². The Balaban J connectivity index is 1.76. The molecule has 1 aliphatic heterocycles. The molecule has 0 aromatic carbocycles. The van der Waals surface area contributed by atoms with Crippen LogP contribution >= 0.6 is 0 Å². The molecule has 0 bridgehead atoms. The third-order valence-electron chi connectivity index (χ3n) is 4.79. The molecule has 0 aliphatic carbocycles. The van der Waals surface area contributed by atoms with Crippen molar-refractivity contribution in [2.75, 3.05) is 39.3 Å². The number of rotatable bonds is 6. The Hall–Kier alpha value is -3.20. The Kier molecular flexibility index (Phi) is 5.51. The van der Waals surface area contributed by atoms with Crippen LogP contribution in [-0.4, -0.2) is 76.5 Å². The highest BCUT2D eigenvalue weighted by Gasteiger charge is 2.38. The molecule has 0 spiro atoms. The van der Waals surface area contributed by atoms with E-state index in [1.54, 1.807) is 30.6 Å². The number of ether oxygens (including phenoxy) is 1. The largest absolute Gasteiger partial charge is 0.488 e. The first-order valence-electron chi connectivity index (χ1n) is 8.57. The number of piperazine rings is 1. The quantitative estimate of drug-likeness (QED) is 0.739. The van der Waals surface area contributed by atoms with Gasteiger partial charge in [-0.3, -0.25) is 14.4 Å². The average molecular weight is 373 g/mol. The summed E-state index contributed by atoms with van der Waals surface area (Å²) in [7, 11) is 0. The molecule has 0 unspecified atom stereocenters. The minimum absolute atomic E-state index is 0.120. The fourth-order valence-electron chi connectivity index (χ4n) is 3.17. The van der Waals surface area contributed by atoms with Crippen molar-refractivity contribution in [1.29, 1.82) is 0 Å². The number of carboxylic acids is 1. The summed E-state index contributed by atoms with van der Waals surface area (Å²) in [6, 6.07) is 6.77. The van der Waals surface area contributed by atoms with Crippen LogP contribution in [0.1, 0.15) is 10.4 Å². The van der Waals surface area contributed by atoms with E-state index < -0.39 is 12.1 Å². The summed E-state index contributed by atoms with van der Waals surface area (Å²) >= 11 is 0. The second-order valence-electron chi connectivity index (χ2n) is 6.33. The Labute approximate surface area is 156 Å². The molecule has 0 saturated carbocycles. The predicted octanol–water partition coefficient (Wildman–Crippen LogP) is 1.55. The minimum atomic E-state index is -1.03. The van der Waals surface area contributed by atoms with E-state index in [-0.39, 0.29) is 5.56 Å². The second kappa shape index (κ2) is 8.00. The van der Waals surface area contributed by atoms with Crippen LogP contribution in [0.4, 0.5) is 10.6 Å². The number of carbonyl (C=O) groups is 2. The first kappa shape index (κ1) is 18.6. The normalized spacial score (nSPS) is 15.9. The molecule has 0 radical (unpaired) electrons. The molecular weight excluding hydrogens is 352 g/mol. The van der Waals surface area contributed by atoms with Gasteiger partial charge in [0.25, 0.3) is 0 Å². The van der Waals surface area contributed by atoms with E-state index >= 15 is 0 Å². The lowest BCUT2D eigenvalue weighted by atomic mass is 10.2. The third-order valence-corrected chi connectivity index (χ3v) is 4.79. The second-order valence-corrected chi connectivity index (χ2v) is 6.33. The minimum Gasteiger partial charge on any atom is -0.488 e. The molecule has 27 heavy (non-hydrogen) atoms. The van der Waals surface area contributed by atoms with Crippen LogP contribution in [0, 0.1) is 0 Å². The Morgan fingerprint density at radius 2 is 1.81 bits per heavy atom. The lowest BCUT2D eigenvalue weighted by molar-refractivity contribution is 0.0695. The number of aromatic nitrogens is 2. The summed E-state index contributed by atoms with van der Waals surface area (Å²) in [5.74, 6) is 0.391. The fraction of sp³-hybridized carbons (Fsp3) is 0.333. The molecule has 3 heterocycles. The lowest BCUT2D eigenvalue weighted by Crippen LogP contribution is -2.63. The van der Waals surface area contributed by atoms with Crippen molar-refractivity contribution < 1.29 is 24.5 Å². The SMILES string of the molecule is O=C(O)c1ccc([N+]2(CCOc3ccncc3)CCN(C(=O)O)CC2)nc1. The number of aromatic carboxylic acids is 1. The molecule has 1 fully saturated rings. The van der Waals surface area contributed by atoms with Gasteiger partial charge < -0.3 is 14.9 Å². The number of nitrogens with zero attached hydrogens (tertiary/aromatic N) is 4. The van der Waals surface area contributed by atoms with Gasteiger partial charge in [0.2, 0.25) is 5.82 Å². The molecule has 1 amide bonds. The maximum atomic E-state index is 11.2. The third kappa shape index (κ3) is 4.32. The molecule has 3 rings (SSSR count). The van der Waals surface area contributed by atoms with Crippen molar-refractivity contribution in [3.63, 3.8) is 0 Å². The van der Waals surface area contributed by atoms with Gasteiger partial charge in [-0.25, -0.2) is 14.6 Å². The van der Waals surface area contributed by atoms with Crippen LogP contribution in [-0.2, 0) is 0 Å². The molecule has 2 aromatic rings. The molecule has 9 nitrogen and oxygen atoms in total. The molecule has 2 N–H and O–H groups in total. The number of amides is 1. The predicted molar refractivity (Wildman–Crippen MR) is 96.9 cm³/mol. The zero-order valence-corrected chi connectivity index (χ0v) is 14.7. The van der Waals surface area contributed by atoms with Crippen LogP contribution in [0.2, 0.25) is 0 Å². The van der Waals surface area contributed by atoms with E-state index in [1.165, 1.54) is 17.2 Å². The number of quaternary nitrogens is 1. The summed E-state index contributed by atoms with van der Waals surface area (Å²) in [4.78, 5) is 32.0. The first-order valence-corrected chi connectivity index (χ1v) is 8.57. The molecule has 2 aromatic heterocycles. The van der Waals surface area contributed by atoms with Gasteiger partial charge in [-0.1, -0.05) is 0 Å². The molecule has 9 heteroatoms. The Bertz CT molecular complexity index is 789. The molecule has 1 aliphatic rings. The van der Waals surface area contributed by atoms with Crippen LogP contribution in [0.25, 0.3) is 0 Å². The molecule has 0 atom stereocenters. The number of hydrogen-bond donors (Lipinski definition) is 2. The topological polar surface area (TPSA) is 113 Å². The summed E-state index contributed by atoms with van der Waals surface area (Å²) in [5.41, 5.74) is 0.120. The summed E-state index contributed by atoms with van der Waals surface area (Å²) in [6.07, 6.45) is 3.70. The smallest absolute Gasteiger partial charge is 0.407 e. The monoisotopic (exact) mass is 373 g/mol. The summed E-state index contributed by atoms with van der Waals surface area (Å²) in [6.45, 7) is 2.87. The van der Waals surface area contributed by atoms with E-state index in [0.717, 1.165) is 0 Å². The van der Waals surface area contributed by atoms with E-state index in [2.05, 4.69) is 9.97 Å². The van der Waals surface area contributed by atoms with E-state index in [0.29, 0.717) is 55.4 Å². The van der Waals surface area contributed by atoms with Crippen molar-refractivity contribution in [3.8, 4) is 5.75 Å². The van der Waals surface area contributed by atoms with Crippen LogP contribution in [0.5, 0.6) is 5.75 Å². The lowest BCUT2D eigenvalue weighted by Gasteiger charge is -2.42. The van der Waals surface area contributed by atoms with Crippen molar-refractivity contribution in [3.05, 3.63) is 48.4 Å². The maximum Gasteiger partial charge on any atom is 0.407 e. The number of hydrogen-bond acceptors (Lipinski definition) is 5. The van der Waals surface area contributed by atoms with Crippen molar-refractivity contribution >= 4 is 17.9 Å². The van der Waals surface area contributed by atoms with Crippen LogP contribution in [0.3, 0.4) is 0 Å². The summed E-state index contributed by atoms with van der Waals surface area (Å²) in [5, 5.41) is 18.3. The van der Waals surface area contributed by atoms with Gasteiger partial charge in [-0.05, 0) is 18.2 Å². The average Bonchev–Trinajstić information content (AvgIpc) is 2.69. The van der Waals surface area contributed by atoms with Gasteiger partial charge in [-0.2, -0.15) is 0 Å². The highest BCUT2D eigenvalue weighted by Crippen LogP contribution is 2.24. The van der Waals surface area contributed by atoms with Gasteiger partial charge in [0.05, 0.1) is 18.7 Å². The highest BCUT2D eigenvalue weighted by atomic mass is 16.5. The van der Waals surface area contributed by atoms with Crippen molar-refractivity contribution in [2.45, 2.75) is 0 Å². The zero-order chi connectivity index (χ0) is 19.3. The van der Waals surface area contributed by atoms with Gasteiger partial charge in [0.15, 0.2) is 0 Å². The van der Waals surface area contributed by atoms with E-state index in [9.17, 15) is 14.7 Å². The van der Waals surface area contributed by atoms with E-state index in [1.807, 2.05) is 0 Å². The number of pyridine rings is 2. The summed E-state index contributed by atoms with van der Waals surface area (Å²) < 4.78 is 6.22. The number of carboxylic acid groups (broad SMARTS) is 2. The molecular formula is C18H21N4O5+. The van der Waals surface area contributed by atoms with Gasteiger partial charge in [-0.15, -0.1) is 0 Å². The Morgan fingerprint density at radius 3 is 2.37 bits per heavy atom. The Morgan fingerprint density at radius 1 is 1.11 bits per heavy atom. The zero-order valence-electron chi connectivity index (χ0n) is 14.7. The molecule has 142 valence electrons. The standard InChI is InChI=1S/C18H20N4O5/c23-17(24)14-1-2-16(20-13-14)22(9-7-21(8-10-22)18(25)26)11-12-27-15-3-5-19-6-4-15/h1-6,13H,7-12H2,(H-,23,24,25,26)/p+1. The highest BCUT2D eigenvalue weighted by molar-refractivity contribution is 5.87. The van der Waals surface area contributed by atoms with Gasteiger partial charge in [0.1, 0.15) is 32.0 Å².